The second kappa shape index (κ2) is 5.32. The topological polar surface area (TPSA) is 40.5 Å². The molecule has 0 aromatic heterocycles. The standard InChI is InChI=1S/C21H30O2/c1-12-11-16-13(2)18(22)8-7-14(16)15-9-10-21(3)17(20(12)15)5-4-6-19(21)23/h4,6,14-15,17-20,22-23H,1,5,7-11H2,2-3H3. The van der Waals surface area contributed by atoms with Gasteiger partial charge in [-0.25, -0.2) is 0 Å². The van der Waals surface area contributed by atoms with Gasteiger partial charge >= 0.3 is 0 Å². The Morgan fingerprint density at radius 3 is 2.78 bits per heavy atom. The van der Waals surface area contributed by atoms with Gasteiger partial charge in [0.25, 0.3) is 0 Å². The van der Waals surface area contributed by atoms with Crippen LogP contribution in [-0.2, 0) is 0 Å². The summed E-state index contributed by atoms with van der Waals surface area (Å²) in [5.41, 5.74) is 4.08. The van der Waals surface area contributed by atoms with Gasteiger partial charge in [0.15, 0.2) is 0 Å². The number of aliphatic hydroxyl groups excluding tert-OH is 2. The average Bonchev–Trinajstić information content (AvgIpc) is 2.52. The number of aliphatic hydroxyl groups is 2. The Labute approximate surface area is 140 Å². The molecule has 2 fully saturated rings. The van der Waals surface area contributed by atoms with Crippen LogP contribution in [0.1, 0.15) is 52.4 Å². The smallest absolute Gasteiger partial charge is 0.0777 e. The highest BCUT2D eigenvalue weighted by Gasteiger charge is 2.54. The van der Waals surface area contributed by atoms with E-state index in [1.165, 1.54) is 23.1 Å². The molecule has 0 radical (unpaired) electrons. The second-order valence-electron chi connectivity index (χ2n) is 8.69. The molecule has 0 heterocycles. The van der Waals surface area contributed by atoms with Crippen molar-refractivity contribution in [3.05, 3.63) is 35.5 Å². The lowest BCUT2D eigenvalue weighted by atomic mass is 9.47. The fourth-order valence-electron chi connectivity index (χ4n) is 6.29. The lowest BCUT2D eigenvalue weighted by molar-refractivity contribution is -0.0671. The zero-order valence-electron chi connectivity index (χ0n) is 14.5. The molecule has 23 heavy (non-hydrogen) atoms. The normalized spacial score (nSPS) is 49.5. The molecule has 4 rings (SSSR count). The first-order valence-electron chi connectivity index (χ1n) is 9.33. The highest BCUT2D eigenvalue weighted by molar-refractivity contribution is 5.34. The number of fused-ring (bicyclic) bond motifs is 5. The largest absolute Gasteiger partial charge is 0.389 e. The summed E-state index contributed by atoms with van der Waals surface area (Å²) < 4.78 is 0. The van der Waals surface area contributed by atoms with Gasteiger partial charge in [-0.15, -0.1) is 0 Å². The van der Waals surface area contributed by atoms with E-state index >= 15 is 0 Å². The summed E-state index contributed by atoms with van der Waals surface area (Å²) in [6, 6.07) is 0. The summed E-state index contributed by atoms with van der Waals surface area (Å²) in [6.45, 7) is 8.89. The maximum Gasteiger partial charge on any atom is 0.0777 e. The van der Waals surface area contributed by atoms with Crippen molar-refractivity contribution in [2.75, 3.05) is 0 Å². The number of rotatable bonds is 0. The van der Waals surface area contributed by atoms with Gasteiger partial charge in [0.2, 0.25) is 0 Å². The van der Waals surface area contributed by atoms with Crippen LogP contribution in [0.25, 0.3) is 0 Å². The molecule has 0 spiro atoms. The summed E-state index contributed by atoms with van der Waals surface area (Å²) in [6.07, 6.45) is 10.1. The van der Waals surface area contributed by atoms with Gasteiger partial charge in [0, 0.05) is 5.41 Å². The molecule has 0 aliphatic heterocycles. The van der Waals surface area contributed by atoms with Crippen molar-refractivity contribution >= 4 is 0 Å². The van der Waals surface area contributed by atoms with Gasteiger partial charge in [0.1, 0.15) is 0 Å². The highest BCUT2D eigenvalue weighted by Crippen LogP contribution is 2.61. The fraction of sp³-hybridized carbons (Fsp3) is 0.714. The average molecular weight is 314 g/mol. The zero-order chi connectivity index (χ0) is 16.4. The van der Waals surface area contributed by atoms with Gasteiger partial charge in [-0.1, -0.05) is 36.8 Å². The lowest BCUT2D eigenvalue weighted by Gasteiger charge is -2.58. The van der Waals surface area contributed by atoms with Crippen LogP contribution in [0.2, 0.25) is 0 Å². The summed E-state index contributed by atoms with van der Waals surface area (Å²) in [7, 11) is 0. The molecule has 7 atom stereocenters. The van der Waals surface area contributed by atoms with Crippen molar-refractivity contribution in [3.63, 3.8) is 0 Å². The summed E-state index contributed by atoms with van der Waals surface area (Å²) in [5, 5.41) is 20.8. The molecule has 2 saturated carbocycles. The van der Waals surface area contributed by atoms with Gasteiger partial charge in [-0.05, 0) is 74.7 Å². The quantitative estimate of drug-likeness (QED) is 0.663. The van der Waals surface area contributed by atoms with Crippen LogP contribution in [-0.4, -0.2) is 22.4 Å². The van der Waals surface area contributed by atoms with Gasteiger partial charge < -0.3 is 10.2 Å². The van der Waals surface area contributed by atoms with E-state index in [-0.39, 0.29) is 17.6 Å². The molecular weight excluding hydrogens is 284 g/mol. The van der Waals surface area contributed by atoms with Crippen molar-refractivity contribution in [2.45, 2.75) is 64.6 Å². The summed E-state index contributed by atoms with van der Waals surface area (Å²) >= 11 is 0. The van der Waals surface area contributed by atoms with Crippen LogP contribution in [0.5, 0.6) is 0 Å². The summed E-state index contributed by atoms with van der Waals surface area (Å²) in [4.78, 5) is 0. The Balaban J connectivity index is 1.72. The fourth-order valence-corrected chi connectivity index (χ4v) is 6.29. The SMILES string of the molecule is C=C1CC2=C(C)C(O)CCC2C2CCC3(C)C(O)C=CCC3C12. The predicted octanol–water partition coefficient (Wildman–Crippen LogP) is 4.00. The van der Waals surface area contributed by atoms with Gasteiger partial charge in [0.05, 0.1) is 12.2 Å². The van der Waals surface area contributed by atoms with Crippen LogP contribution >= 0.6 is 0 Å². The maximum atomic E-state index is 10.6. The number of allylic oxidation sites excluding steroid dienone is 3. The van der Waals surface area contributed by atoms with E-state index in [0.29, 0.717) is 23.7 Å². The molecule has 4 aliphatic carbocycles. The van der Waals surface area contributed by atoms with E-state index in [1.54, 1.807) is 0 Å². The molecule has 0 bridgehead atoms. The maximum absolute atomic E-state index is 10.6. The van der Waals surface area contributed by atoms with Crippen molar-refractivity contribution in [1.29, 1.82) is 0 Å². The van der Waals surface area contributed by atoms with E-state index in [9.17, 15) is 10.2 Å². The van der Waals surface area contributed by atoms with Crippen LogP contribution in [0.15, 0.2) is 35.5 Å². The summed E-state index contributed by atoms with van der Waals surface area (Å²) in [5.74, 6) is 2.39. The van der Waals surface area contributed by atoms with E-state index < -0.39 is 0 Å². The Hall–Kier alpha value is -0.860. The van der Waals surface area contributed by atoms with Crippen LogP contribution in [0, 0.1) is 29.1 Å². The highest BCUT2D eigenvalue weighted by atomic mass is 16.3. The van der Waals surface area contributed by atoms with Gasteiger partial charge in [-0.2, -0.15) is 0 Å². The van der Waals surface area contributed by atoms with E-state index in [0.717, 1.165) is 32.1 Å². The molecule has 0 aromatic carbocycles. The van der Waals surface area contributed by atoms with E-state index in [4.69, 9.17) is 0 Å². The molecule has 2 nitrogen and oxygen atoms in total. The monoisotopic (exact) mass is 314 g/mol. The van der Waals surface area contributed by atoms with E-state index in [2.05, 4.69) is 26.5 Å². The first kappa shape index (κ1) is 15.7. The van der Waals surface area contributed by atoms with Crippen molar-refractivity contribution in [3.8, 4) is 0 Å². The van der Waals surface area contributed by atoms with Gasteiger partial charge in [-0.3, -0.25) is 0 Å². The molecular formula is C21H30O2. The molecule has 0 saturated heterocycles. The number of hydrogen-bond acceptors (Lipinski definition) is 2. The zero-order valence-corrected chi connectivity index (χ0v) is 14.5. The molecule has 0 aromatic rings. The minimum Gasteiger partial charge on any atom is -0.389 e. The third kappa shape index (κ3) is 2.14. The Morgan fingerprint density at radius 2 is 2.00 bits per heavy atom. The predicted molar refractivity (Wildman–Crippen MR) is 92.8 cm³/mol. The van der Waals surface area contributed by atoms with Crippen LogP contribution in [0.3, 0.4) is 0 Å². The molecule has 126 valence electrons. The molecule has 2 heteroatoms. The second-order valence-corrected chi connectivity index (χ2v) is 8.69. The molecule has 4 aliphatic rings. The molecule has 0 amide bonds. The van der Waals surface area contributed by atoms with Crippen molar-refractivity contribution in [1.82, 2.24) is 0 Å². The minimum absolute atomic E-state index is 0.0172. The molecule has 2 N–H and O–H groups in total. The van der Waals surface area contributed by atoms with Crippen molar-refractivity contribution < 1.29 is 10.2 Å². The Bertz CT molecular complexity index is 587. The Kier molecular flexibility index (Phi) is 3.62. The first-order valence-corrected chi connectivity index (χ1v) is 9.33. The minimum atomic E-state index is -0.304. The Morgan fingerprint density at radius 1 is 1.22 bits per heavy atom. The first-order chi connectivity index (χ1) is 10.9. The molecule has 7 unspecified atom stereocenters. The third-order valence-corrected chi connectivity index (χ3v) is 7.75. The van der Waals surface area contributed by atoms with Crippen LogP contribution in [0.4, 0.5) is 0 Å². The lowest BCUT2D eigenvalue weighted by Crippen LogP contribution is -2.52. The van der Waals surface area contributed by atoms with Crippen molar-refractivity contribution in [2.24, 2.45) is 29.1 Å². The van der Waals surface area contributed by atoms with Crippen LogP contribution < -0.4 is 0 Å². The van der Waals surface area contributed by atoms with E-state index in [1.807, 2.05) is 6.08 Å². The third-order valence-electron chi connectivity index (χ3n) is 7.75. The number of hydrogen-bond donors (Lipinski definition) is 2.